The maximum atomic E-state index is 12.4. The van der Waals surface area contributed by atoms with E-state index in [4.69, 9.17) is 0 Å². The molecule has 1 saturated heterocycles. The predicted octanol–water partition coefficient (Wildman–Crippen LogP) is 2.17. The topological polar surface area (TPSA) is 62.3 Å². The van der Waals surface area contributed by atoms with E-state index in [0.29, 0.717) is 5.91 Å². The second-order valence-corrected chi connectivity index (χ2v) is 7.20. The third-order valence-electron chi connectivity index (χ3n) is 5.31. The van der Waals surface area contributed by atoms with E-state index in [1.54, 1.807) is 12.4 Å². The number of carbonyl (C=O) groups is 2. The Hall–Kier alpha value is -1.91. The summed E-state index contributed by atoms with van der Waals surface area (Å²) in [4.78, 5) is 30.7. The number of hydrogen-bond donors (Lipinski definition) is 1. The summed E-state index contributed by atoms with van der Waals surface area (Å²) < 4.78 is 0. The Morgan fingerprint density at radius 2 is 1.83 bits per heavy atom. The van der Waals surface area contributed by atoms with Gasteiger partial charge in [-0.1, -0.05) is 6.42 Å². The van der Waals surface area contributed by atoms with Crippen molar-refractivity contribution in [2.24, 2.45) is 11.8 Å². The van der Waals surface area contributed by atoms with Crippen molar-refractivity contribution in [2.75, 3.05) is 13.1 Å². The van der Waals surface area contributed by atoms with Crippen molar-refractivity contribution in [3.63, 3.8) is 0 Å². The molecule has 2 aliphatic rings. The summed E-state index contributed by atoms with van der Waals surface area (Å²) in [6.45, 7) is 3.49. The first-order chi connectivity index (χ1) is 11.6. The van der Waals surface area contributed by atoms with Gasteiger partial charge in [-0.3, -0.25) is 14.6 Å². The highest BCUT2D eigenvalue weighted by molar-refractivity contribution is 5.81. The molecule has 1 aliphatic carbocycles. The minimum absolute atomic E-state index is 0.0373. The number of nitrogens with zero attached hydrogens (tertiary/aromatic N) is 2. The summed E-state index contributed by atoms with van der Waals surface area (Å²) in [5, 5.41) is 3.12. The zero-order chi connectivity index (χ0) is 16.9. The van der Waals surface area contributed by atoms with E-state index < -0.39 is 0 Å². The molecule has 0 bridgehead atoms. The lowest BCUT2D eigenvalue weighted by Gasteiger charge is -2.36. The minimum atomic E-state index is 0.0373. The van der Waals surface area contributed by atoms with Crippen molar-refractivity contribution in [1.82, 2.24) is 15.2 Å². The van der Waals surface area contributed by atoms with E-state index in [-0.39, 0.29) is 23.8 Å². The van der Waals surface area contributed by atoms with Crippen LogP contribution in [0.15, 0.2) is 24.5 Å². The normalized spacial score (nSPS) is 20.3. The van der Waals surface area contributed by atoms with Crippen LogP contribution in [0.1, 0.15) is 44.6 Å². The van der Waals surface area contributed by atoms with Crippen LogP contribution in [0.3, 0.4) is 0 Å². The lowest BCUT2D eigenvalue weighted by Crippen LogP contribution is -2.47. The number of rotatable bonds is 5. The summed E-state index contributed by atoms with van der Waals surface area (Å²) in [6, 6.07) is 4.06. The Morgan fingerprint density at radius 3 is 2.42 bits per heavy atom. The average Bonchev–Trinajstić information content (AvgIpc) is 2.54. The molecule has 0 radical (unpaired) electrons. The highest BCUT2D eigenvalue weighted by Crippen LogP contribution is 2.30. The molecule has 24 heavy (non-hydrogen) atoms. The van der Waals surface area contributed by atoms with Crippen molar-refractivity contribution in [1.29, 1.82) is 0 Å². The van der Waals surface area contributed by atoms with Crippen LogP contribution in [0, 0.1) is 11.8 Å². The fraction of sp³-hybridized carbons (Fsp3) is 0.632. The van der Waals surface area contributed by atoms with Crippen LogP contribution in [0.25, 0.3) is 0 Å². The van der Waals surface area contributed by atoms with Gasteiger partial charge < -0.3 is 10.2 Å². The molecule has 1 atom stereocenters. The van der Waals surface area contributed by atoms with Gasteiger partial charge in [-0.25, -0.2) is 0 Å². The number of aromatic nitrogens is 1. The van der Waals surface area contributed by atoms with Gasteiger partial charge in [0.1, 0.15) is 0 Å². The van der Waals surface area contributed by atoms with Crippen LogP contribution in [0.5, 0.6) is 0 Å². The first kappa shape index (κ1) is 16.9. The number of hydrogen-bond acceptors (Lipinski definition) is 3. The smallest absolute Gasteiger partial charge is 0.225 e. The Morgan fingerprint density at radius 1 is 1.17 bits per heavy atom. The zero-order valence-electron chi connectivity index (χ0n) is 14.4. The molecule has 1 aliphatic heterocycles. The van der Waals surface area contributed by atoms with E-state index in [1.165, 1.54) is 12.0 Å². The Labute approximate surface area is 143 Å². The minimum Gasteiger partial charge on any atom is -0.353 e. The second-order valence-electron chi connectivity index (χ2n) is 7.20. The van der Waals surface area contributed by atoms with Crippen LogP contribution in [-0.2, 0) is 16.0 Å². The van der Waals surface area contributed by atoms with E-state index in [1.807, 2.05) is 24.0 Å². The van der Waals surface area contributed by atoms with Gasteiger partial charge in [0, 0.05) is 43.4 Å². The van der Waals surface area contributed by atoms with Crippen molar-refractivity contribution >= 4 is 11.8 Å². The molecule has 0 aromatic carbocycles. The van der Waals surface area contributed by atoms with Crippen molar-refractivity contribution in [3.8, 4) is 0 Å². The summed E-state index contributed by atoms with van der Waals surface area (Å²) in [5.74, 6) is 0.740. The van der Waals surface area contributed by atoms with Crippen molar-refractivity contribution in [3.05, 3.63) is 30.1 Å². The number of piperidine rings is 1. The van der Waals surface area contributed by atoms with Gasteiger partial charge in [0.05, 0.1) is 0 Å². The zero-order valence-corrected chi connectivity index (χ0v) is 14.4. The van der Waals surface area contributed by atoms with Gasteiger partial charge >= 0.3 is 0 Å². The number of nitrogens with one attached hydrogen (secondary N) is 1. The van der Waals surface area contributed by atoms with Crippen molar-refractivity contribution in [2.45, 2.75) is 51.5 Å². The molecule has 130 valence electrons. The molecule has 5 nitrogen and oxygen atoms in total. The Balaban J connectivity index is 1.42. The van der Waals surface area contributed by atoms with Crippen LogP contribution < -0.4 is 5.32 Å². The van der Waals surface area contributed by atoms with Gasteiger partial charge in [0.25, 0.3) is 0 Å². The highest BCUT2D eigenvalue weighted by atomic mass is 16.2. The SMILES string of the molecule is C[C@@H](Cc1ccncc1)NC(=O)C1CCN(C(=O)C2CCC2)CC1. The summed E-state index contributed by atoms with van der Waals surface area (Å²) in [7, 11) is 0. The van der Waals surface area contributed by atoms with Gasteiger partial charge in [0.15, 0.2) is 0 Å². The molecule has 2 amide bonds. The lowest BCUT2D eigenvalue weighted by molar-refractivity contribution is -0.141. The third-order valence-corrected chi connectivity index (χ3v) is 5.31. The number of amides is 2. The number of pyridine rings is 1. The van der Waals surface area contributed by atoms with Gasteiger partial charge in [0.2, 0.25) is 11.8 Å². The van der Waals surface area contributed by atoms with Crippen molar-refractivity contribution < 1.29 is 9.59 Å². The molecular formula is C19H27N3O2. The van der Waals surface area contributed by atoms with Crippen LogP contribution in [0.4, 0.5) is 0 Å². The Kier molecular flexibility index (Phi) is 5.48. The fourth-order valence-corrected chi connectivity index (χ4v) is 3.56. The molecule has 2 heterocycles. The maximum absolute atomic E-state index is 12.4. The first-order valence-electron chi connectivity index (χ1n) is 9.11. The largest absolute Gasteiger partial charge is 0.353 e. The van der Waals surface area contributed by atoms with E-state index >= 15 is 0 Å². The molecule has 5 heteroatoms. The Bertz CT molecular complexity index is 563. The maximum Gasteiger partial charge on any atom is 0.225 e. The van der Waals surface area contributed by atoms with Crippen LogP contribution in [0.2, 0.25) is 0 Å². The van der Waals surface area contributed by atoms with Crippen LogP contribution in [-0.4, -0.2) is 40.8 Å². The molecule has 3 rings (SSSR count). The molecule has 0 unspecified atom stereocenters. The molecule has 1 N–H and O–H groups in total. The quantitative estimate of drug-likeness (QED) is 0.900. The summed E-state index contributed by atoms with van der Waals surface area (Å²) in [5.41, 5.74) is 1.18. The van der Waals surface area contributed by atoms with E-state index in [2.05, 4.69) is 10.3 Å². The molecule has 1 aromatic rings. The summed E-state index contributed by atoms with van der Waals surface area (Å²) in [6.07, 6.45) is 9.21. The molecule has 2 fully saturated rings. The predicted molar refractivity (Wildman–Crippen MR) is 92.2 cm³/mol. The highest BCUT2D eigenvalue weighted by Gasteiger charge is 2.33. The first-order valence-corrected chi connectivity index (χ1v) is 9.11. The molecule has 1 aromatic heterocycles. The lowest BCUT2D eigenvalue weighted by atomic mass is 9.83. The van der Waals surface area contributed by atoms with Gasteiger partial charge in [-0.15, -0.1) is 0 Å². The molecular weight excluding hydrogens is 302 g/mol. The molecule has 0 spiro atoms. The number of likely N-dealkylation sites (tertiary alicyclic amines) is 1. The average molecular weight is 329 g/mol. The van der Waals surface area contributed by atoms with Crippen LogP contribution >= 0.6 is 0 Å². The van der Waals surface area contributed by atoms with Gasteiger partial charge in [-0.05, 0) is 56.7 Å². The third kappa shape index (κ3) is 4.13. The standard InChI is InChI=1S/C19H27N3O2/c1-14(13-15-5-9-20-10-6-15)21-18(23)16-7-11-22(12-8-16)19(24)17-3-2-4-17/h5-6,9-10,14,16-17H,2-4,7-8,11-13H2,1H3,(H,21,23)/t14-/m0/s1. The van der Waals surface area contributed by atoms with Gasteiger partial charge in [-0.2, -0.15) is 0 Å². The summed E-state index contributed by atoms with van der Waals surface area (Å²) >= 11 is 0. The van der Waals surface area contributed by atoms with E-state index in [0.717, 1.165) is 45.2 Å². The fourth-order valence-electron chi connectivity index (χ4n) is 3.56. The molecule has 1 saturated carbocycles. The number of carbonyl (C=O) groups excluding carboxylic acids is 2. The van der Waals surface area contributed by atoms with E-state index in [9.17, 15) is 9.59 Å². The monoisotopic (exact) mass is 329 g/mol. The second kappa shape index (κ2) is 7.77.